The van der Waals surface area contributed by atoms with Crippen LogP contribution in [0.25, 0.3) is 0 Å². The highest BCUT2D eigenvalue weighted by molar-refractivity contribution is 8.00. The Hall–Kier alpha value is -1.03. The van der Waals surface area contributed by atoms with Crippen LogP contribution in [0.5, 0.6) is 0 Å². The van der Waals surface area contributed by atoms with E-state index in [2.05, 4.69) is 18.8 Å². The molecule has 4 heteroatoms. The van der Waals surface area contributed by atoms with Crippen molar-refractivity contribution in [2.24, 2.45) is 0 Å². The smallest absolute Gasteiger partial charge is 0.176 e. The second-order valence-electron chi connectivity index (χ2n) is 3.25. The molecule has 0 atom stereocenters. The summed E-state index contributed by atoms with van der Waals surface area (Å²) in [6.07, 6.45) is 3.11. The van der Waals surface area contributed by atoms with Crippen LogP contribution in [-0.4, -0.2) is 21.8 Å². The van der Waals surface area contributed by atoms with E-state index in [-0.39, 0.29) is 5.78 Å². The van der Waals surface area contributed by atoms with Crippen LogP contribution in [0.15, 0.2) is 18.5 Å². The average molecular weight is 210 g/mol. The Labute approximate surface area is 88.1 Å². The first kappa shape index (κ1) is 11.0. The number of rotatable bonds is 4. The Bertz CT molecular complexity index is 326. The van der Waals surface area contributed by atoms with Crippen molar-refractivity contribution >= 4 is 23.2 Å². The number of pyridine rings is 1. The summed E-state index contributed by atoms with van der Waals surface area (Å²) in [5, 5.41) is 0.455. The molecule has 1 aromatic rings. The van der Waals surface area contributed by atoms with Gasteiger partial charge in [0.05, 0.1) is 11.3 Å². The molecule has 0 bridgehead atoms. The molecule has 1 aromatic heterocycles. The van der Waals surface area contributed by atoms with Crippen LogP contribution in [0, 0.1) is 0 Å². The van der Waals surface area contributed by atoms with Gasteiger partial charge >= 0.3 is 0 Å². The number of carbonyl (C=O) groups excluding carboxylic acids is 1. The third-order valence-electron chi connectivity index (χ3n) is 1.70. The zero-order chi connectivity index (χ0) is 10.6. The van der Waals surface area contributed by atoms with Gasteiger partial charge in [-0.1, -0.05) is 13.8 Å². The molecule has 0 fully saturated rings. The van der Waals surface area contributed by atoms with E-state index < -0.39 is 0 Å². The summed E-state index contributed by atoms with van der Waals surface area (Å²) in [6, 6.07) is 1.65. The van der Waals surface area contributed by atoms with E-state index >= 15 is 0 Å². The van der Waals surface area contributed by atoms with Crippen molar-refractivity contribution in [2.45, 2.75) is 19.1 Å². The molecule has 0 saturated carbocycles. The lowest BCUT2D eigenvalue weighted by molar-refractivity contribution is 0.102. The predicted octanol–water partition coefficient (Wildman–Crippen LogP) is 1.99. The molecule has 0 spiro atoms. The fourth-order valence-corrected chi connectivity index (χ4v) is 1.60. The highest BCUT2D eigenvalue weighted by atomic mass is 32.2. The summed E-state index contributed by atoms with van der Waals surface area (Å²) < 4.78 is 0. The molecular formula is C10H14N2OS. The topological polar surface area (TPSA) is 56.0 Å². The molecule has 14 heavy (non-hydrogen) atoms. The first-order valence-corrected chi connectivity index (χ1v) is 5.50. The summed E-state index contributed by atoms with van der Waals surface area (Å²) in [5.74, 6) is 0.516. The third-order valence-corrected chi connectivity index (χ3v) is 2.80. The Kier molecular flexibility index (Phi) is 3.95. The van der Waals surface area contributed by atoms with Crippen molar-refractivity contribution in [2.75, 3.05) is 11.5 Å². The number of nitrogens with two attached hydrogens (primary N) is 1. The lowest BCUT2D eigenvalue weighted by Crippen LogP contribution is -2.08. The number of hydrogen-bond donors (Lipinski definition) is 1. The molecule has 0 unspecified atom stereocenters. The quantitative estimate of drug-likeness (QED) is 0.772. The van der Waals surface area contributed by atoms with Crippen LogP contribution in [-0.2, 0) is 0 Å². The largest absolute Gasteiger partial charge is 0.398 e. The number of nitrogens with zero attached hydrogens (tertiary/aromatic N) is 1. The number of nitrogen functional groups attached to an aromatic ring is 1. The highest BCUT2D eigenvalue weighted by Crippen LogP contribution is 2.15. The molecule has 3 nitrogen and oxygen atoms in total. The van der Waals surface area contributed by atoms with Gasteiger partial charge in [-0.05, 0) is 11.3 Å². The first-order valence-electron chi connectivity index (χ1n) is 4.45. The van der Waals surface area contributed by atoms with E-state index in [1.807, 2.05) is 0 Å². The van der Waals surface area contributed by atoms with Gasteiger partial charge in [-0.2, -0.15) is 11.8 Å². The van der Waals surface area contributed by atoms with Gasteiger partial charge in [0.25, 0.3) is 0 Å². The van der Waals surface area contributed by atoms with E-state index in [0.717, 1.165) is 0 Å². The molecule has 76 valence electrons. The van der Waals surface area contributed by atoms with Gasteiger partial charge in [-0.3, -0.25) is 9.78 Å². The van der Waals surface area contributed by atoms with Gasteiger partial charge in [0.2, 0.25) is 0 Å². The van der Waals surface area contributed by atoms with Crippen molar-refractivity contribution in [3.63, 3.8) is 0 Å². The van der Waals surface area contributed by atoms with Crippen molar-refractivity contribution < 1.29 is 4.79 Å². The molecule has 0 radical (unpaired) electrons. The predicted molar refractivity (Wildman–Crippen MR) is 60.6 cm³/mol. The molecule has 0 aliphatic heterocycles. The fourth-order valence-electron chi connectivity index (χ4n) is 0.958. The average Bonchev–Trinajstić information content (AvgIpc) is 2.15. The molecule has 2 N–H and O–H groups in total. The zero-order valence-electron chi connectivity index (χ0n) is 8.36. The normalized spacial score (nSPS) is 10.5. The first-order chi connectivity index (χ1) is 6.61. The lowest BCUT2D eigenvalue weighted by Gasteiger charge is -2.05. The van der Waals surface area contributed by atoms with Crippen molar-refractivity contribution in [3.05, 3.63) is 24.0 Å². The summed E-state index contributed by atoms with van der Waals surface area (Å²) in [5.41, 5.74) is 6.69. The third kappa shape index (κ3) is 3.03. The Morgan fingerprint density at radius 3 is 2.93 bits per heavy atom. The standard InChI is InChI=1S/C10H14N2OS/c1-7(2)14-6-10(13)8-5-12-4-3-9(8)11/h3-5,7H,6H2,1-2H3,(H2,11,12). The monoisotopic (exact) mass is 210 g/mol. The molecule has 0 aromatic carbocycles. The second kappa shape index (κ2) is 5.00. The van der Waals surface area contributed by atoms with Crippen LogP contribution in [0.3, 0.4) is 0 Å². The molecular weight excluding hydrogens is 196 g/mol. The highest BCUT2D eigenvalue weighted by Gasteiger charge is 2.10. The number of aromatic nitrogens is 1. The Morgan fingerprint density at radius 1 is 1.64 bits per heavy atom. The van der Waals surface area contributed by atoms with Crippen molar-refractivity contribution in [3.8, 4) is 0 Å². The number of anilines is 1. The van der Waals surface area contributed by atoms with E-state index in [1.54, 1.807) is 24.0 Å². The van der Waals surface area contributed by atoms with Crippen LogP contribution in [0.1, 0.15) is 24.2 Å². The van der Waals surface area contributed by atoms with Crippen LogP contribution in [0.4, 0.5) is 5.69 Å². The fraction of sp³-hybridized carbons (Fsp3) is 0.400. The van der Waals surface area contributed by atoms with Gasteiger partial charge < -0.3 is 5.73 Å². The number of Topliss-reactive ketones (excluding diaryl/α,β-unsaturated/α-hetero) is 1. The Balaban J connectivity index is 2.65. The summed E-state index contributed by atoms with van der Waals surface area (Å²) in [7, 11) is 0. The molecule has 1 heterocycles. The number of carbonyl (C=O) groups is 1. The Morgan fingerprint density at radius 2 is 2.36 bits per heavy atom. The van der Waals surface area contributed by atoms with Gasteiger partial charge in [-0.25, -0.2) is 0 Å². The minimum Gasteiger partial charge on any atom is -0.398 e. The van der Waals surface area contributed by atoms with Gasteiger partial charge in [0.1, 0.15) is 0 Å². The van der Waals surface area contributed by atoms with E-state index in [9.17, 15) is 4.79 Å². The van der Waals surface area contributed by atoms with Gasteiger partial charge in [0, 0.05) is 18.1 Å². The molecule has 0 saturated heterocycles. The molecule has 0 amide bonds. The maximum absolute atomic E-state index is 11.6. The molecule has 0 aliphatic carbocycles. The SMILES string of the molecule is CC(C)SCC(=O)c1cnccc1N. The van der Waals surface area contributed by atoms with Crippen LogP contribution in [0.2, 0.25) is 0 Å². The molecule has 1 rings (SSSR count). The van der Waals surface area contributed by atoms with Crippen molar-refractivity contribution in [1.82, 2.24) is 4.98 Å². The summed E-state index contributed by atoms with van der Waals surface area (Å²) >= 11 is 1.61. The summed E-state index contributed by atoms with van der Waals surface area (Å²) in [6.45, 7) is 4.12. The minimum atomic E-state index is 0.0503. The lowest BCUT2D eigenvalue weighted by atomic mass is 10.2. The van der Waals surface area contributed by atoms with E-state index in [0.29, 0.717) is 22.3 Å². The van der Waals surface area contributed by atoms with Crippen molar-refractivity contribution in [1.29, 1.82) is 0 Å². The van der Waals surface area contributed by atoms with Gasteiger partial charge in [0.15, 0.2) is 5.78 Å². The maximum Gasteiger partial charge on any atom is 0.176 e. The summed E-state index contributed by atoms with van der Waals surface area (Å²) in [4.78, 5) is 15.5. The number of thioether (sulfide) groups is 1. The maximum atomic E-state index is 11.6. The van der Waals surface area contributed by atoms with E-state index in [4.69, 9.17) is 5.73 Å². The van der Waals surface area contributed by atoms with Gasteiger partial charge in [-0.15, -0.1) is 0 Å². The zero-order valence-corrected chi connectivity index (χ0v) is 9.17. The van der Waals surface area contributed by atoms with Crippen LogP contribution >= 0.6 is 11.8 Å². The number of hydrogen-bond acceptors (Lipinski definition) is 4. The van der Waals surface area contributed by atoms with Crippen LogP contribution < -0.4 is 5.73 Å². The number of ketones is 1. The van der Waals surface area contributed by atoms with E-state index in [1.165, 1.54) is 6.20 Å². The molecule has 0 aliphatic rings. The second-order valence-corrected chi connectivity index (χ2v) is 4.81. The minimum absolute atomic E-state index is 0.0503.